The van der Waals surface area contributed by atoms with Crippen molar-refractivity contribution in [1.82, 2.24) is 0 Å². The van der Waals surface area contributed by atoms with E-state index >= 15 is 0 Å². The van der Waals surface area contributed by atoms with Gasteiger partial charge >= 0.3 is 0 Å². The second-order valence-electron chi connectivity index (χ2n) is 7.58. The smallest absolute Gasteiger partial charge is 0.265 e. The number of aryl methyl sites for hydroxylation is 2. The van der Waals surface area contributed by atoms with Gasteiger partial charge in [-0.15, -0.1) is 0 Å². The van der Waals surface area contributed by atoms with Crippen LogP contribution in [0.2, 0.25) is 0 Å². The molecule has 0 fully saturated rings. The minimum atomic E-state index is -0.719. The van der Waals surface area contributed by atoms with Crippen molar-refractivity contribution in [3.05, 3.63) is 83.9 Å². The first-order valence-corrected chi connectivity index (χ1v) is 10.5. The lowest BCUT2D eigenvalue weighted by atomic mass is 10.2. The van der Waals surface area contributed by atoms with E-state index in [0.29, 0.717) is 22.9 Å². The molecule has 0 spiro atoms. The van der Waals surface area contributed by atoms with Gasteiger partial charge in [-0.1, -0.05) is 48.5 Å². The second kappa shape index (κ2) is 10.5. The van der Waals surface area contributed by atoms with Gasteiger partial charge in [-0.05, 0) is 63.1 Å². The standard InChI is InChI=1S/C26H28N2O4/c1-17-11-5-9-15-23(17)31-19(3)25(29)27-21-13-7-8-14-22(21)28-26(30)20(4)32-24-16-10-6-12-18(24)2/h5-16,19-20H,1-4H3,(H,27,29)(H,28,30)/t19-,20-/m0/s1. The lowest BCUT2D eigenvalue weighted by Gasteiger charge is -2.19. The summed E-state index contributed by atoms with van der Waals surface area (Å²) in [6.07, 6.45) is -1.44. The second-order valence-corrected chi connectivity index (χ2v) is 7.58. The van der Waals surface area contributed by atoms with E-state index in [4.69, 9.17) is 9.47 Å². The van der Waals surface area contributed by atoms with Gasteiger partial charge < -0.3 is 20.1 Å². The number of benzene rings is 3. The van der Waals surface area contributed by atoms with Gasteiger partial charge in [0.25, 0.3) is 11.8 Å². The van der Waals surface area contributed by atoms with Crippen molar-refractivity contribution in [3.63, 3.8) is 0 Å². The Bertz CT molecular complexity index is 1010. The van der Waals surface area contributed by atoms with Gasteiger partial charge in [0.05, 0.1) is 11.4 Å². The van der Waals surface area contributed by atoms with Crippen LogP contribution in [0.1, 0.15) is 25.0 Å². The fraction of sp³-hybridized carbons (Fsp3) is 0.231. The van der Waals surface area contributed by atoms with Crippen molar-refractivity contribution in [3.8, 4) is 11.5 Å². The van der Waals surface area contributed by atoms with Gasteiger partial charge in [-0.2, -0.15) is 0 Å². The van der Waals surface area contributed by atoms with Crippen molar-refractivity contribution < 1.29 is 19.1 Å². The fourth-order valence-corrected chi connectivity index (χ4v) is 3.04. The Morgan fingerprint density at radius 3 is 1.34 bits per heavy atom. The third-order valence-corrected chi connectivity index (χ3v) is 4.98. The SMILES string of the molecule is Cc1ccccc1O[C@@H](C)C(=O)Nc1ccccc1NC(=O)[C@H](C)Oc1ccccc1C. The van der Waals surface area contributed by atoms with Gasteiger partial charge in [0, 0.05) is 0 Å². The van der Waals surface area contributed by atoms with E-state index in [1.54, 1.807) is 38.1 Å². The molecule has 0 heterocycles. The topological polar surface area (TPSA) is 76.7 Å². The molecule has 2 amide bonds. The highest BCUT2D eigenvalue weighted by Gasteiger charge is 2.20. The molecule has 0 aromatic heterocycles. The van der Waals surface area contributed by atoms with E-state index in [-0.39, 0.29) is 11.8 Å². The molecule has 0 unspecified atom stereocenters. The summed E-state index contributed by atoms with van der Waals surface area (Å²) in [7, 11) is 0. The number of carbonyl (C=O) groups is 2. The van der Waals surface area contributed by atoms with Crippen LogP contribution < -0.4 is 20.1 Å². The molecule has 0 aliphatic rings. The minimum absolute atomic E-state index is 0.320. The van der Waals surface area contributed by atoms with Crippen molar-refractivity contribution in [1.29, 1.82) is 0 Å². The number of hydrogen-bond donors (Lipinski definition) is 2. The number of nitrogens with one attached hydrogen (secondary N) is 2. The van der Waals surface area contributed by atoms with E-state index in [1.165, 1.54) is 0 Å². The lowest BCUT2D eigenvalue weighted by molar-refractivity contribution is -0.122. The van der Waals surface area contributed by atoms with E-state index < -0.39 is 12.2 Å². The van der Waals surface area contributed by atoms with Gasteiger partial charge in [-0.25, -0.2) is 0 Å². The maximum atomic E-state index is 12.7. The quantitative estimate of drug-likeness (QED) is 0.518. The zero-order valence-electron chi connectivity index (χ0n) is 18.7. The van der Waals surface area contributed by atoms with E-state index in [9.17, 15) is 9.59 Å². The molecule has 3 rings (SSSR count). The molecule has 6 nitrogen and oxygen atoms in total. The van der Waals surface area contributed by atoms with E-state index in [2.05, 4.69) is 10.6 Å². The van der Waals surface area contributed by atoms with Crippen LogP contribution in [0, 0.1) is 13.8 Å². The molecule has 0 bridgehead atoms. The van der Waals surface area contributed by atoms with Crippen LogP contribution in [-0.4, -0.2) is 24.0 Å². The highest BCUT2D eigenvalue weighted by atomic mass is 16.5. The van der Waals surface area contributed by atoms with Crippen LogP contribution in [0.25, 0.3) is 0 Å². The normalized spacial score (nSPS) is 12.4. The summed E-state index contributed by atoms with van der Waals surface area (Å²) >= 11 is 0. The fourth-order valence-electron chi connectivity index (χ4n) is 3.04. The Morgan fingerprint density at radius 2 is 0.969 bits per heavy atom. The average Bonchev–Trinajstić information content (AvgIpc) is 2.78. The molecular weight excluding hydrogens is 404 g/mol. The molecule has 32 heavy (non-hydrogen) atoms. The molecule has 2 atom stereocenters. The number of rotatable bonds is 8. The van der Waals surface area contributed by atoms with Crippen LogP contribution in [0.3, 0.4) is 0 Å². The summed E-state index contributed by atoms with van der Waals surface area (Å²) < 4.78 is 11.6. The number of carbonyl (C=O) groups excluding carboxylic acids is 2. The van der Waals surface area contributed by atoms with Crippen LogP contribution in [0.15, 0.2) is 72.8 Å². The van der Waals surface area contributed by atoms with Crippen LogP contribution in [-0.2, 0) is 9.59 Å². The van der Waals surface area contributed by atoms with Crippen molar-refractivity contribution >= 4 is 23.2 Å². The summed E-state index contributed by atoms with van der Waals surface area (Å²) in [5, 5.41) is 5.67. The van der Waals surface area contributed by atoms with Gasteiger partial charge in [0.1, 0.15) is 11.5 Å². The zero-order chi connectivity index (χ0) is 23.1. The Hall–Kier alpha value is -3.80. The summed E-state index contributed by atoms with van der Waals surface area (Å²) in [6.45, 7) is 7.21. The number of hydrogen-bond acceptors (Lipinski definition) is 4. The molecule has 166 valence electrons. The van der Waals surface area contributed by atoms with E-state index in [0.717, 1.165) is 11.1 Å². The Morgan fingerprint density at radius 1 is 0.625 bits per heavy atom. The summed E-state index contributed by atoms with van der Waals surface area (Å²) in [4.78, 5) is 25.4. The number of ether oxygens (including phenoxy) is 2. The Kier molecular flexibility index (Phi) is 7.49. The number of amides is 2. The highest BCUT2D eigenvalue weighted by Crippen LogP contribution is 2.24. The lowest BCUT2D eigenvalue weighted by Crippen LogP contribution is -2.32. The maximum Gasteiger partial charge on any atom is 0.265 e. The third-order valence-electron chi connectivity index (χ3n) is 4.98. The highest BCUT2D eigenvalue weighted by molar-refractivity contribution is 6.02. The van der Waals surface area contributed by atoms with Crippen LogP contribution in [0.5, 0.6) is 11.5 Å². The number of para-hydroxylation sites is 4. The maximum absolute atomic E-state index is 12.7. The van der Waals surface area contributed by atoms with Gasteiger partial charge in [0.15, 0.2) is 12.2 Å². The summed E-state index contributed by atoms with van der Waals surface area (Å²) in [5.41, 5.74) is 2.85. The summed E-state index contributed by atoms with van der Waals surface area (Å²) in [6, 6.07) is 22.0. The van der Waals surface area contributed by atoms with Crippen LogP contribution in [0.4, 0.5) is 11.4 Å². The first-order chi connectivity index (χ1) is 15.3. The summed E-state index contributed by atoms with van der Waals surface area (Å²) in [5.74, 6) is 0.663. The van der Waals surface area contributed by atoms with Crippen molar-refractivity contribution in [2.75, 3.05) is 10.6 Å². The first kappa shape index (κ1) is 22.9. The van der Waals surface area contributed by atoms with E-state index in [1.807, 2.05) is 62.4 Å². The first-order valence-electron chi connectivity index (χ1n) is 10.5. The molecule has 0 saturated heterocycles. The molecule has 0 aliphatic carbocycles. The largest absolute Gasteiger partial charge is 0.481 e. The zero-order valence-corrected chi connectivity index (χ0v) is 18.7. The third kappa shape index (κ3) is 5.88. The van der Waals surface area contributed by atoms with Crippen LogP contribution >= 0.6 is 0 Å². The Labute approximate surface area is 188 Å². The minimum Gasteiger partial charge on any atom is -0.481 e. The van der Waals surface area contributed by atoms with Gasteiger partial charge in [0.2, 0.25) is 0 Å². The molecule has 0 saturated carbocycles. The molecule has 0 aliphatic heterocycles. The Balaban J connectivity index is 1.65. The molecule has 0 radical (unpaired) electrons. The van der Waals surface area contributed by atoms with Gasteiger partial charge in [-0.3, -0.25) is 9.59 Å². The molecule has 6 heteroatoms. The molecule has 2 N–H and O–H groups in total. The van der Waals surface area contributed by atoms with Crippen molar-refractivity contribution in [2.45, 2.75) is 39.9 Å². The monoisotopic (exact) mass is 432 g/mol. The molecule has 3 aromatic carbocycles. The number of anilines is 2. The predicted octanol–water partition coefficient (Wildman–Crippen LogP) is 5.12. The van der Waals surface area contributed by atoms with Crippen molar-refractivity contribution in [2.24, 2.45) is 0 Å². The molecule has 3 aromatic rings. The average molecular weight is 433 g/mol. The molecular formula is C26H28N2O4. The predicted molar refractivity (Wildman–Crippen MR) is 126 cm³/mol.